The molecule has 3 unspecified atom stereocenters. The van der Waals surface area contributed by atoms with Crippen molar-refractivity contribution < 1.29 is 19.5 Å². The highest BCUT2D eigenvalue weighted by atomic mass is 79.9. The van der Waals surface area contributed by atoms with Crippen LogP contribution in [0.2, 0.25) is 0 Å². The Morgan fingerprint density at radius 3 is 2.55 bits per heavy atom. The number of thioether (sulfide) groups is 1. The highest BCUT2D eigenvalue weighted by molar-refractivity contribution is 9.09. The minimum absolute atomic E-state index is 0.00891. The number of nitrogens with zero attached hydrogens (tertiary/aromatic N) is 1. The molecule has 0 aliphatic carbocycles. The zero-order valence-corrected chi connectivity index (χ0v) is 19.9. The van der Waals surface area contributed by atoms with Gasteiger partial charge >= 0.3 is 0 Å². The van der Waals surface area contributed by atoms with Crippen molar-refractivity contribution in [3.05, 3.63) is 0 Å². The Balaban J connectivity index is 1.96. The van der Waals surface area contributed by atoms with Crippen molar-refractivity contribution in [2.75, 3.05) is 20.2 Å². The van der Waals surface area contributed by atoms with E-state index < -0.39 is 28.2 Å². The van der Waals surface area contributed by atoms with Crippen molar-refractivity contribution in [2.24, 2.45) is 11.8 Å². The molecule has 7 nitrogen and oxygen atoms in total. The lowest BCUT2D eigenvalue weighted by Crippen LogP contribution is -2.57. The van der Waals surface area contributed by atoms with Crippen molar-refractivity contribution in [1.82, 2.24) is 15.5 Å². The Bertz CT molecular complexity index is 685. The predicted octanol–water partition coefficient (Wildman–Crippen LogP) is 1.27. The molecular weight excluding hydrogens is 458 g/mol. The number of fused-ring (bicyclic) bond motifs is 1. The summed E-state index contributed by atoms with van der Waals surface area (Å²) >= 11 is 5.38. The molecule has 3 heterocycles. The lowest BCUT2D eigenvalue weighted by Gasteiger charge is -2.36. The maximum atomic E-state index is 13.5. The lowest BCUT2D eigenvalue weighted by molar-refractivity contribution is -0.140. The molecule has 0 aromatic heterocycles. The van der Waals surface area contributed by atoms with Gasteiger partial charge in [0.2, 0.25) is 17.7 Å². The summed E-state index contributed by atoms with van der Waals surface area (Å²) in [5, 5.41) is 14.8. The fourth-order valence-electron chi connectivity index (χ4n) is 5.15. The molecule has 29 heavy (non-hydrogen) atoms. The number of hydrogen-bond donors (Lipinski definition) is 3. The highest BCUT2D eigenvalue weighted by Crippen LogP contribution is 2.67. The highest BCUT2D eigenvalue weighted by Gasteiger charge is 2.75. The van der Waals surface area contributed by atoms with E-state index in [4.69, 9.17) is 5.11 Å². The number of hydrogen-bond acceptors (Lipinski definition) is 5. The first-order valence-electron chi connectivity index (χ1n) is 10.3. The summed E-state index contributed by atoms with van der Waals surface area (Å²) in [6, 6.07) is -0.585. The van der Waals surface area contributed by atoms with Crippen molar-refractivity contribution in [1.29, 1.82) is 0 Å². The Morgan fingerprint density at radius 2 is 1.97 bits per heavy atom. The Labute approximate surface area is 185 Å². The molecule has 3 N–H and O–H groups in total. The van der Waals surface area contributed by atoms with Gasteiger partial charge in [-0.3, -0.25) is 14.4 Å². The molecule has 2 bridgehead atoms. The number of amides is 3. The van der Waals surface area contributed by atoms with E-state index in [9.17, 15) is 14.4 Å². The van der Waals surface area contributed by atoms with Crippen LogP contribution >= 0.6 is 27.7 Å². The number of rotatable bonds is 7. The van der Waals surface area contributed by atoms with E-state index in [1.807, 2.05) is 20.8 Å². The molecule has 3 aliphatic rings. The van der Waals surface area contributed by atoms with Gasteiger partial charge in [-0.25, -0.2) is 0 Å². The number of alkyl halides is 1. The molecule has 3 aliphatic heterocycles. The van der Waals surface area contributed by atoms with E-state index in [2.05, 4.69) is 26.6 Å². The van der Waals surface area contributed by atoms with Gasteiger partial charge in [-0.2, -0.15) is 0 Å². The first kappa shape index (κ1) is 22.9. The van der Waals surface area contributed by atoms with Gasteiger partial charge < -0.3 is 20.6 Å². The monoisotopic (exact) mass is 489 g/mol. The number of nitrogens with one attached hydrogen (secondary N) is 2. The van der Waals surface area contributed by atoms with Crippen LogP contribution < -0.4 is 10.6 Å². The fourth-order valence-corrected chi connectivity index (χ4v) is 8.76. The molecule has 3 fully saturated rings. The van der Waals surface area contributed by atoms with Crippen LogP contribution in [0.15, 0.2) is 0 Å². The summed E-state index contributed by atoms with van der Waals surface area (Å²) in [6.07, 6.45) is 2.89. The Hall–Kier alpha value is -0.800. The van der Waals surface area contributed by atoms with Gasteiger partial charge in [0, 0.05) is 35.8 Å². The van der Waals surface area contributed by atoms with Crippen LogP contribution in [-0.2, 0) is 14.4 Å². The van der Waals surface area contributed by atoms with Crippen molar-refractivity contribution in [2.45, 2.75) is 72.9 Å². The third kappa shape index (κ3) is 3.94. The first-order valence-corrected chi connectivity index (χ1v) is 12.1. The topological polar surface area (TPSA) is 98.7 Å². The summed E-state index contributed by atoms with van der Waals surface area (Å²) in [4.78, 5) is 41.5. The van der Waals surface area contributed by atoms with Gasteiger partial charge in [0.15, 0.2) is 0 Å². The maximum absolute atomic E-state index is 13.5. The van der Waals surface area contributed by atoms with E-state index in [0.29, 0.717) is 19.4 Å². The predicted molar refractivity (Wildman–Crippen MR) is 117 cm³/mol. The summed E-state index contributed by atoms with van der Waals surface area (Å²) in [5.74, 6) is -1.24. The van der Waals surface area contributed by atoms with Gasteiger partial charge in [0.05, 0.1) is 16.6 Å². The SMILES string of the molecule is CNC(=O)[C@H]1[C@H]2C(=O)N(CCCCCO)C(C(=O)NC(C)(C)C)C23CC(Br)[C@@H]1S3. The van der Waals surface area contributed by atoms with Crippen LogP contribution in [0.4, 0.5) is 0 Å². The maximum Gasteiger partial charge on any atom is 0.244 e. The number of likely N-dealkylation sites (tertiary alicyclic amines) is 1. The molecule has 3 rings (SSSR count). The van der Waals surface area contributed by atoms with Crippen LogP contribution in [0, 0.1) is 11.8 Å². The van der Waals surface area contributed by atoms with Crippen LogP contribution in [-0.4, -0.2) is 74.3 Å². The van der Waals surface area contributed by atoms with Crippen molar-refractivity contribution >= 4 is 45.4 Å². The molecule has 9 heteroatoms. The number of carbonyl (C=O) groups is 3. The zero-order valence-electron chi connectivity index (χ0n) is 17.5. The average molecular weight is 490 g/mol. The van der Waals surface area contributed by atoms with Gasteiger partial charge in [0.1, 0.15) is 6.04 Å². The van der Waals surface area contributed by atoms with Crippen molar-refractivity contribution in [3.8, 4) is 0 Å². The summed E-state index contributed by atoms with van der Waals surface area (Å²) < 4.78 is -0.584. The normalized spacial score (nSPS) is 35.7. The lowest BCUT2D eigenvalue weighted by atomic mass is 9.70. The van der Waals surface area contributed by atoms with Crippen molar-refractivity contribution in [3.63, 3.8) is 0 Å². The third-order valence-electron chi connectivity index (χ3n) is 6.14. The van der Waals surface area contributed by atoms with E-state index in [0.717, 1.165) is 12.8 Å². The summed E-state index contributed by atoms with van der Waals surface area (Å²) in [5.41, 5.74) is -0.410. The number of aliphatic hydroxyl groups is 1. The van der Waals surface area contributed by atoms with E-state index in [1.165, 1.54) is 0 Å². The average Bonchev–Trinajstić information content (AvgIpc) is 3.20. The quantitative estimate of drug-likeness (QED) is 0.369. The van der Waals surface area contributed by atoms with Crippen LogP contribution in [0.5, 0.6) is 0 Å². The van der Waals surface area contributed by atoms with Gasteiger partial charge in [-0.15, -0.1) is 11.8 Å². The minimum atomic E-state index is -0.585. The molecule has 0 aromatic rings. The van der Waals surface area contributed by atoms with E-state index in [-0.39, 0.29) is 34.4 Å². The fraction of sp³-hybridized carbons (Fsp3) is 0.850. The molecule has 0 radical (unpaired) electrons. The van der Waals surface area contributed by atoms with Crippen LogP contribution in [0.1, 0.15) is 46.5 Å². The number of carbonyl (C=O) groups excluding carboxylic acids is 3. The molecule has 0 saturated carbocycles. The second kappa shape index (κ2) is 8.38. The molecule has 3 amide bonds. The molecule has 6 atom stereocenters. The number of aliphatic hydroxyl groups excluding tert-OH is 1. The molecule has 0 aromatic carbocycles. The third-order valence-corrected chi connectivity index (χ3v) is 9.36. The van der Waals surface area contributed by atoms with Crippen LogP contribution in [0.25, 0.3) is 0 Å². The number of unbranched alkanes of at least 4 members (excludes halogenated alkanes) is 2. The summed E-state index contributed by atoms with van der Waals surface area (Å²) in [7, 11) is 1.60. The largest absolute Gasteiger partial charge is 0.396 e. The second-order valence-electron chi connectivity index (χ2n) is 9.33. The minimum Gasteiger partial charge on any atom is -0.396 e. The summed E-state index contributed by atoms with van der Waals surface area (Å²) in [6.45, 7) is 6.39. The smallest absolute Gasteiger partial charge is 0.244 e. The molecule has 1 spiro atoms. The second-order valence-corrected chi connectivity index (χ2v) is 12.0. The molecular formula is C20H32BrN3O4S. The van der Waals surface area contributed by atoms with Gasteiger partial charge in [-0.05, 0) is 46.5 Å². The Morgan fingerprint density at radius 1 is 1.28 bits per heavy atom. The van der Waals surface area contributed by atoms with Gasteiger partial charge in [-0.1, -0.05) is 15.9 Å². The Kier molecular flexibility index (Phi) is 6.61. The first-order chi connectivity index (χ1) is 13.6. The standard InChI is InChI=1S/C20H32BrN3O4S/c1-19(2,3)23-17(27)15-20-10-11(21)14(29-20)12(16(26)22-4)13(20)18(28)24(15)8-6-5-7-9-25/h11-15,25H,5-10H2,1-4H3,(H,22,26)(H,23,27)/t11?,12-,13-,14-,15?,20?/m0/s1. The zero-order chi connectivity index (χ0) is 21.6. The van der Waals surface area contributed by atoms with E-state index in [1.54, 1.807) is 23.7 Å². The van der Waals surface area contributed by atoms with Gasteiger partial charge in [0.25, 0.3) is 0 Å². The molecule has 164 valence electrons. The number of halogens is 1. The molecule has 3 saturated heterocycles. The van der Waals surface area contributed by atoms with E-state index >= 15 is 0 Å². The van der Waals surface area contributed by atoms with Crippen LogP contribution in [0.3, 0.4) is 0 Å².